The van der Waals surface area contributed by atoms with E-state index in [0.29, 0.717) is 6.10 Å². The number of aryl methyl sites for hydroxylation is 1. The van der Waals surface area contributed by atoms with E-state index in [4.69, 9.17) is 9.47 Å². The fourth-order valence-electron chi connectivity index (χ4n) is 4.46. The zero-order valence-electron chi connectivity index (χ0n) is 18.5. The summed E-state index contributed by atoms with van der Waals surface area (Å²) in [7, 11) is 0. The summed E-state index contributed by atoms with van der Waals surface area (Å²) in [6, 6.07) is 10.5. The predicted molar refractivity (Wildman–Crippen MR) is 120 cm³/mol. The number of hydrogen-bond donors (Lipinski definition) is 0. The lowest BCUT2D eigenvalue weighted by atomic mass is 9.86. The molecule has 0 N–H and O–H groups in total. The first-order chi connectivity index (χ1) is 14.1. The van der Waals surface area contributed by atoms with Crippen LogP contribution in [0.15, 0.2) is 43.0 Å². The largest absolute Gasteiger partial charge is 0.462 e. The van der Waals surface area contributed by atoms with Crippen LogP contribution in [0.3, 0.4) is 0 Å². The van der Waals surface area contributed by atoms with E-state index in [0.717, 1.165) is 38.5 Å². The molecule has 1 saturated heterocycles. The lowest BCUT2D eigenvalue weighted by Gasteiger charge is -2.34. The summed E-state index contributed by atoms with van der Waals surface area (Å²) in [5, 5.41) is 0. The Balaban J connectivity index is 1.96. The molecule has 2 rings (SSSR count). The smallest absolute Gasteiger partial charge is 0.302 e. The molecule has 0 radical (unpaired) electrons. The first-order valence-corrected chi connectivity index (χ1v) is 11.6. The number of ether oxygens (including phenoxy) is 2. The van der Waals surface area contributed by atoms with Gasteiger partial charge in [-0.3, -0.25) is 4.79 Å². The fourth-order valence-corrected chi connectivity index (χ4v) is 4.46. The molecule has 1 aromatic carbocycles. The minimum Gasteiger partial charge on any atom is -0.462 e. The third-order valence-electron chi connectivity index (χ3n) is 6.02. The van der Waals surface area contributed by atoms with Crippen molar-refractivity contribution in [1.82, 2.24) is 0 Å². The van der Waals surface area contributed by atoms with Gasteiger partial charge in [-0.2, -0.15) is 0 Å². The Labute approximate surface area is 177 Å². The summed E-state index contributed by atoms with van der Waals surface area (Å²) in [4.78, 5) is 11.8. The van der Waals surface area contributed by atoms with Gasteiger partial charge < -0.3 is 9.47 Å². The van der Waals surface area contributed by atoms with Crippen molar-refractivity contribution in [3.63, 3.8) is 0 Å². The lowest BCUT2D eigenvalue weighted by molar-refractivity contribution is -0.153. The van der Waals surface area contributed by atoms with Crippen molar-refractivity contribution in [1.29, 1.82) is 0 Å². The van der Waals surface area contributed by atoms with Crippen molar-refractivity contribution in [3.05, 3.63) is 48.6 Å². The van der Waals surface area contributed by atoms with Crippen molar-refractivity contribution in [2.24, 2.45) is 5.92 Å². The molecule has 1 heterocycles. The van der Waals surface area contributed by atoms with Gasteiger partial charge in [0, 0.05) is 13.3 Å². The molecule has 0 aliphatic carbocycles. The Morgan fingerprint density at radius 1 is 1.24 bits per heavy atom. The van der Waals surface area contributed by atoms with Crippen molar-refractivity contribution in [2.45, 2.75) is 103 Å². The maximum atomic E-state index is 11.8. The van der Waals surface area contributed by atoms with Crippen LogP contribution in [-0.4, -0.2) is 24.3 Å². The van der Waals surface area contributed by atoms with Gasteiger partial charge in [0.1, 0.15) is 6.10 Å². The Hall–Kier alpha value is -1.61. The second-order valence-electron chi connectivity index (χ2n) is 8.50. The number of benzene rings is 1. The van der Waals surface area contributed by atoms with E-state index in [1.807, 2.05) is 12.1 Å². The second-order valence-corrected chi connectivity index (χ2v) is 8.50. The standard InChI is InChI=1S/C26H40O3/c1-4-6-8-15-24-16-11-17-25(29-24)20-26(28-21(3)27)23(12-5-2)19-18-22-13-9-7-10-14-22/h5,7,9-10,13-14,23-26H,2,4,6,8,11-12,15-20H2,1,3H3/t23-,24+,25-,26?/m1/s1. The Morgan fingerprint density at radius 3 is 2.69 bits per heavy atom. The SMILES string of the molecule is C=CC[C@H](CCc1ccccc1)C(C[C@H]1CCC[C@H](CCCCC)O1)OC(C)=O. The van der Waals surface area contributed by atoms with Gasteiger partial charge in [0.15, 0.2) is 0 Å². The summed E-state index contributed by atoms with van der Waals surface area (Å²) < 4.78 is 12.2. The summed E-state index contributed by atoms with van der Waals surface area (Å²) >= 11 is 0. The summed E-state index contributed by atoms with van der Waals surface area (Å²) in [5.74, 6) is 0.0831. The van der Waals surface area contributed by atoms with Crippen LogP contribution in [0.4, 0.5) is 0 Å². The van der Waals surface area contributed by atoms with Crippen LogP contribution in [0.1, 0.15) is 83.6 Å². The maximum Gasteiger partial charge on any atom is 0.302 e. The Bertz CT molecular complexity index is 583. The van der Waals surface area contributed by atoms with E-state index in [9.17, 15) is 4.79 Å². The highest BCUT2D eigenvalue weighted by molar-refractivity contribution is 5.66. The zero-order chi connectivity index (χ0) is 20.9. The van der Waals surface area contributed by atoms with Crippen LogP contribution < -0.4 is 0 Å². The number of unbranched alkanes of at least 4 members (excludes halogenated alkanes) is 2. The molecule has 1 aromatic rings. The van der Waals surface area contributed by atoms with Crippen LogP contribution in [-0.2, 0) is 20.7 Å². The molecule has 0 amide bonds. The van der Waals surface area contributed by atoms with E-state index in [-0.39, 0.29) is 24.1 Å². The van der Waals surface area contributed by atoms with Crippen molar-refractivity contribution < 1.29 is 14.3 Å². The molecule has 1 unspecified atom stereocenters. The number of esters is 1. The molecule has 0 aromatic heterocycles. The highest BCUT2D eigenvalue weighted by atomic mass is 16.5. The first-order valence-electron chi connectivity index (χ1n) is 11.6. The molecule has 1 fully saturated rings. The molecular weight excluding hydrogens is 360 g/mol. The quantitative estimate of drug-likeness (QED) is 0.211. The molecule has 1 aliphatic heterocycles. The molecular formula is C26H40O3. The monoisotopic (exact) mass is 400 g/mol. The highest BCUT2D eigenvalue weighted by Gasteiger charge is 2.30. The Morgan fingerprint density at radius 2 is 2.00 bits per heavy atom. The average molecular weight is 401 g/mol. The number of carbonyl (C=O) groups excluding carboxylic acids is 1. The van der Waals surface area contributed by atoms with Crippen molar-refractivity contribution >= 4 is 5.97 Å². The van der Waals surface area contributed by atoms with Crippen LogP contribution in [0, 0.1) is 5.92 Å². The molecule has 29 heavy (non-hydrogen) atoms. The summed E-state index contributed by atoms with van der Waals surface area (Å²) in [6.07, 6.45) is 14.5. The van der Waals surface area contributed by atoms with Crippen LogP contribution >= 0.6 is 0 Å². The number of rotatable bonds is 13. The van der Waals surface area contributed by atoms with Crippen molar-refractivity contribution in [3.8, 4) is 0 Å². The van der Waals surface area contributed by atoms with Crippen molar-refractivity contribution in [2.75, 3.05) is 0 Å². The molecule has 0 spiro atoms. The van der Waals surface area contributed by atoms with E-state index < -0.39 is 0 Å². The minimum absolute atomic E-state index is 0.103. The maximum absolute atomic E-state index is 11.8. The van der Waals surface area contributed by atoms with E-state index in [1.165, 1.54) is 44.6 Å². The van der Waals surface area contributed by atoms with Gasteiger partial charge in [0.25, 0.3) is 0 Å². The number of allylic oxidation sites excluding steroid dienone is 1. The van der Waals surface area contributed by atoms with E-state index in [1.54, 1.807) is 0 Å². The molecule has 0 bridgehead atoms. The van der Waals surface area contributed by atoms with Gasteiger partial charge in [-0.05, 0) is 56.4 Å². The van der Waals surface area contributed by atoms with Gasteiger partial charge in [-0.1, -0.05) is 62.6 Å². The molecule has 3 nitrogen and oxygen atoms in total. The molecule has 0 saturated carbocycles. The lowest BCUT2D eigenvalue weighted by Crippen LogP contribution is -2.35. The average Bonchev–Trinajstić information content (AvgIpc) is 2.71. The molecule has 1 aliphatic rings. The zero-order valence-corrected chi connectivity index (χ0v) is 18.5. The van der Waals surface area contributed by atoms with E-state index in [2.05, 4.69) is 37.8 Å². The van der Waals surface area contributed by atoms with Crippen LogP contribution in [0.2, 0.25) is 0 Å². The predicted octanol–water partition coefficient (Wildman–Crippen LogP) is 6.65. The molecule has 3 heteroatoms. The summed E-state index contributed by atoms with van der Waals surface area (Å²) in [5.41, 5.74) is 1.33. The summed E-state index contributed by atoms with van der Waals surface area (Å²) in [6.45, 7) is 7.70. The minimum atomic E-state index is -0.195. The van der Waals surface area contributed by atoms with Gasteiger partial charge in [-0.25, -0.2) is 0 Å². The topological polar surface area (TPSA) is 35.5 Å². The number of hydrogen-bond acceptors (Lipinski definition) is 3. The third kappa shape index (κ3) is 9.16. The van der Waals surface area contributed by atoms with Crippen LogP contribution in [0.25, 0.3) is 0 Å². The molecule has 4 atom stereocenters. The second kappa shape index (κ2) is 13.6. The van der Waals surface area contributed by atoms with Gasteiger partial charge in [0.2, 0.25) is 0 Å². The normalized spacial score (nSPS) is 21.3. The van der Waals surface area contributed by atoms with E-state index >= 15 is 0 Å². The highest BCUT2D eigenvalue weighted by Crippen LogP contribution is 2.30. The third-order valence-corrected chi connectivity index (χ3v) is 6.02. The number of carbonyl (C=O) groups is 1. The van der Waals surface area contributed by atoms with Crippen LogP contribution in [0.5, 0.6) is 0 Å². The molecule has 162 valence electrons. The van der Waals surface area contributed by atoms with Gasteiger partial charge in [0.05, 0.1) is 12.2 Å². The Kier molecular flexibility index (Phi) is 11.1. The van der Waals surface area contributed by atoms with Gasteiger partial charge in [-0.15, -0.1) is 6.58 Å². The first kappa shape index (κ1) is 23.7. The fraction of sp³-hybridized carbons (Fsp3) is 0.654. The van der Waals surface area contributed by atoms with Gasteiger partial charge >= 0.3 is 5.97 Å².